The van der Waals surface area contributed by atoms with Crippen LogP contribution in [-0.2, 0) is 12.8 Å². The zero-order valence-electron chi connectivity index (χ0n) is 13.8. The van der Waals surface area contributed by atoms with Crippen molar-refractivity contribution >= 4 is 5.65 Å². The van der Waals surface area contributed by atoms with Crippen molar-refractivity contribution in [3.05, 3.63) is 53.3 Å². The highest BCUT2D eigenvalue weighted by atomic mass is 15.3. The Labute approximate surface area is 141 Å². The molecule has 0 bridgehead atoms. The number of imidazole rings is 1. The largest absolute Gasteiger partial charge is 0.330 e. The van der Waals surface area contributed by atoms with Gasteiger partial charge in [-0.15, -0.1) is 0 Å². The molecule has 2 heterocycles. The maximum absolute atomic E-state index is 6.14. The Morgan fingerprint density at radius 3 is 2.96 bits per heavy atom. The minimum absolute atomic E-state index is 0.184. The van der Waals surface area contributed by atoms with E-state index in [4.69, 9.17) is 16.6 Å². The lowest BCUT2D eigenvalue weighted by Gasteiger charge is -2.08. The molecule has 0 radical (unpaired) electrons. The van der Waals surface area contributed by atoms with Crippen molar-refractivity contribution in [2.24, 2.45) is 11.5 Å². The summed E-state index contributed by atoms with van der Waals surface area (Å²) < 4.78 is 1.95. The molecule has 1 unspecified atom stereocenters. The molecule has 4 rings (SSSR count). The van der Waals surface area contributed by atoms with Crippen LogP contribution in [0, 0.1) is 0 Å². The fourth-order valence-electron chi connectivity index (χ4n) is 3.50. The molecule has 5 heteroatoms. The fraction of sp³-hybridized carbons (Fsp3) is 0.368. The average Bonchev–Trinajstić information content (AvgIpc) is 3.18. The van der Waals surface area contributed by atoms with E-state index in [2.05, 4.69) is 29.2 Å². The molecule has 1 aliphatic rings. The highest BCUT2D eigenvalue weighted by Gasteiger charge is 2.20. The van der Waals surface area contributed by atoms with Gasteiger partial charge < -0.3 is 11.5 Å². The standard InChI is InChI=1S/C19H23N5/c20-10-2-1-3-15-6-9-19-22-12-18(24(19)23-15)14-4-7-16-13(11-14)5-8-17(16)21/h4,6-7,9,11-12,17H,1-3,5,8,10,20-21H2. The molecule has 124 valence electrons. The maximum Gasteiger partial charge on any atom is 0.154 e. The predicted molar refractivity (Wildman–Crippen MR) is 95.7 cm³/mol. The topological polar surface area (TPSA) is 82.2 Å². The molecule has 1 aliphatic carbocycles. The van der Waals surface area contributed by atoms with E-state index < -0.39 is 0 Å². The summed E-state index contributed by atoms with van der Waals surface area (Å²) in [6.07, 6.45) is 7.04. The van der Waals surface area contributed by atoms with Crippen LogP contribution in [0.4, 0.5) is 0 Å². The van der Waals surface area contributed by atoms with Crippen LogP contribution in [0.15, 0.2) is 36.5 Å². The Bertz CT molecular complexity index is 867. The van der Waals surface area contributed by atoms with Crippen molar-refractivity contribution in [2.45, 2.75) is 38.1 Å². The number of benzene rings is 1. The molecule has 0 saturated carbocycles. The number of aromatic nitrogens is 3. The second-order valence-electron chi connectivity index (χ2n) is 6.54. The van der Waals surface area contributed by atoms with Crippen LogP contribution in [0.5, 0.6) is 0 Å². The van der Waals surface area contributed by atoms with Gasteiger partial charge in [0.15, 0.2) is 5.65 Å². The van der Waals surface area contributed by atoms with E-state index in [-0.39, 0.29) is 6.04 Å². The van der Waals surface area contributed by atoms with Crippen LogP contribution in [0.3, 0.4) is 0 Å². The van der Waals surface area contributed by atoms with Gasteiger partial charge >= 0.3 is 0 Å². The molecular weight excluding hydrogens is 298 g/mol. The molecule has 3 aromatic rings. The van der Waals surface area contributed by atoms with Gasteiger partial charge in [-0.1, -0.05) is 12.1 Å². The lowest BCUT2D eigenvalue weighted by molar-refractivity contribution is 0.713. The third-order valence-corrected chi connectivity index (χ3v) is 4.87. The van der Waals surface area contributed by atoms with E-state index in [0.717, 1.165) is 61.2 Å². The van der Waals surface area contributed by atoms with Crippen molar-refractivity contribution in [1.29, 1.82) is 0 Å². The third kappa shape index (κ3) is 2.70. The second kappa shape index (κ2) is 6.34. The Balaban J connectivity index is 1.70. The van der Waals surface area contributed by atoms with Crippen molar-refractivity contribution in [2.75, 3.05) is 6.54 Å². The van der Waals surface area contributed by atoms with E-state index in [0.29, 0.717) is 0 Å². The first kappa shape index (κ1) is 15.3. The molecule has 1 aromatic carbocycles. The number of hydrogen-bond acceptors (Lipinski definition) is 4. The van der Waals surface area contributed by atoms with Crippen molar-refractivity contribution in [3.63, 3.8) is 0 Å². The lowest BCUT2D eigenvalue weighted by Crippen LogP contribution is -2.05. The quantitative estimate of drug-likeness (QED) is 0.708. The average molecular weight is 321 g/mol. The molecule has 1 atom stereocenters. The van der Waals surface area contributed by atoms with Gasteiger partial charge in [0.1, 0.15) is 0 Å². The van der Waals surface area contributed by atoms with Gasteiger partial charge in [0.2, 0.25) is 0 Å². The van der Waals surface area contributed by atoms with Gasteiger partial charge in [0.05, 0.1) is 17.6 Å². The van der Waals surface area contributed by atoms with Gasteiger partial charge in [-0.3, -0.25) is 0 Å². The number of nitrogens with zero attached hydrogens (tertiary/aromatic N) is 3. The van der Waals surface area contributed by atoms with E-state index >= 15 is 0 Å². The van der Waals surface area contributed by atoms with Crippen LogP contribution in [-0.4, -0.2) is 21.1 Å². The Morgan fingerprint density at radius 2 is 2.08 bits per heavy atom. The fourth-order valence-corrected chi connectivity index (χ4v) is 3.50. The molecule has 0 saturated heterocycles. The molecule has 0 fully saturated rings. The van der Waals surface area contributed by atoms with Crippen LogP contribution < -0.4 is 11.5 Å². The summed E-state index contributed by atoms with van der Waals surface area (Å²) >= 11 is 0. The van der Waals surface area contributed by atoms with Crippen molar-refractivity contribution in [3.8, 4) is 11.3 Å². The number of rotatable bonds is 5. The lowest BCUT2D eigenvalue weighted by atomic mass is 10.0. The first-order valence-electron chi connectivity index (χ1n) is 8.69. The minimum Gasteiger partial charge on any atom is -0.330 e. The number of fused-ring (bicyclic) bond motifs is 2. The number of aryl methyl sites for hydroxylation is 2. The van der Waals surface area contributed by atoms with E-state index in [9.17, 15) is 0 Å². The minimum atomic E-state index is 0.184. The summed E-state index contributed by atoms with van der Waals surface area (Å²) in [5.74, 6) is 0. The van der Waals surface area contributed by atoms with Crippen LogP contribution in [0.25, 0.3) is 16.9 Å². The molecule has 0 spiro atoms. The molecular formula is C19H23N5. The highest BCUT2D eigenvalue weighted by molar-refractivity contribution is 5.65. The number of hydrogen-bond donors (Lipinski definition) is 2. The SMILES string of the molecule is NCCCCc1ccc2ncc(-c3ccc4c(c3)CCC4N)n2n1. The highest BCUT2D eigenvalue weighted by Crippen LogP contribution is 2.32. The number of unbranched alkanes of at least 4 members (excludes halogenated alkanes) is 1. The Kier molecular flexibility index (Phi) is 4.04. The maximum atomic E-state index is 6.14. The predicted octanol–water partition coefficient (Wildman–Crippen LogP) is 2.62. The van der Waals surface area contributed by atoms with E-state index in [1.165, 1.54) is 11.1 Å². The van der Waals surface area contributed by atoms with Gasteiger partial charge in [-0.2, -0.15) is 5.10 Å². The summed E-state index contributed by atoms with van der Waals surface area (Å²) in [4.78, 5) is 4.50. The van der Waals surface area contributed by atoms with Gasteiger partial charge in [0.25, 0.3) is 0 Å². The summed E-state index contributed by atoms with van der Waals surface area (Å²) in [5, 5.41) is 4.78. The zero-order valence-corrected chi connectivity index (χ0v) is 13.8. The summed E-state index contributed by atoms with van der Waals surface area (Å²) in [7, 11) is 0. The summed E-state index contributed by atoms with van der Waals surface area (Å²) in [6, 6.07) is 10.8. The van der Waals surface area contributed by atoms with Crippen LogP contribution in [0.1, 0.15) is 42.1 Å². The molecule has 4 N–H and O–H groups in total. The smallest absolute Gasteiger partial charge is 0.154 e. The molecule has 24 heavy (non-hydrogen) atoms. The van der Waals surface area contributed by atoms with E-state index in [1.807, 2.05) is 16.8 Å². The van der Waals surface area contributed by atoms with Gasteiger partial charge in [-0.25, -0.2) is 9.50 Å². The Hall–Kier alpha value is -2.24. The third-order valence-electron chi connectivity index (χ3n) is 4.87. The monoisotopic (exact) mass is 321 g/mol. The second-order valence-corrected chi connectivity index (χ2v) is 6.54. The molecule has 2 aromatic heterocycles. The summed E-state index contributed by atoms with van der Waals surface area (Å²) in [5.41, 5.74) is 18.5. The van der Waals surface area contributed by atoms with E-state index in [1.54, 1.807) is 0 Å². The summed E-state index contributed by atoms with van der Waals surface area (Å²) in [6.45, 7) is 0.732. The first-order chi connectivity index (χ1) is 11.8. The van der Waals surface area contributed by atoms with Crippen LogP contribution >= 0.6 is 0 Å². The zero-order chi connectivity index (χ0) is 16.5. The normalized spacial score (nSPS) is 16.7. The Morgan fingerprint density at radius 1 is 1.17 bits per heavy atom. The van der Waals surface area contributed by atoms with Gasteiger partial charge in [-0.05, 0) is 68.0 Å². The molecule has 0 amide bonds. The molecule has 0 aliphatic heterocycles. The first-order valence-corrected chi connectivity index (χ1v) is 8.69. The van der Waals surface area contributed by atoms with Crippen molar-refractivity contribution < 1.29 is 0 Å². The van der Waals surface area contributed by atoms with Gasteiger partial charge in [0, 0.05) is 11.6 Å². The molecule has 5 nitrogen and oxygen atoms in total. The van der Waals surface area contributed by atoms with Crippen LogP contribution in [0.2, 0.25) is 0 Å². The number of nitrogens with two attached hydrogens (primary N) is 2. The van der Waals surface area contributed by atoms with Crippen molar-refractivity contribution in [1.82, 2.24) is 14.6 Å².